The summed E-state index contributed by atoms with van der Waals surface area (Å²) >= 11 is 3.43. The van der Waals surface area contributed by atoms with E-state index >= 15 is 0 Å². The van der Waals surface area contributed by atoms with E-state index in [-0.39, 0.29) is 29.4 Å². The number of halogens is 1. The Balaban J connectivity index is 1.52. The van der Waals surface area contributed by atoms with Crippen LogP contribution in [0.4, 0.5) is 5.69 Å². The van der Waals surface area contributed by atoms with Crippen molar-refractivity contribution in [2.24, 2.45) is 0 Å². The number of carbonyl (C=O) groups excluding carboxylic acids is 2. The van der Waals surface area contributed by atoms with Crippen LogP contribution in [0.15, 0.2) is 76.8 Å². The molecule has 0 amide bonds. The third-order valence-electron chi connectivity index (χ3n) is 4.69. The standard InChI is InChI=1S/C23H14BrNO5/c24-20-12-14(11-19-22(26)17-6-1-2-7-18(17)23(19)27)8-9-21(20)30-13-15-4-3-5-16(10-15)25(28)29/h1-12H,13H2. The maximum absolute atomic E-state index is 12.5. The largest absolute Gasteiger partial charge is 0.488 e. The molecule has 7 heteroatoms. The van der Waals surface area contributed by atoms with Gasteiger partial charge in [0.2, 0.25) is 0 Å². The van der Waals surface area contributed by atoms with Crippen molar-refractivity contribution in [3.05, 3.63) is 109 Å². The minimum Gasteiger partial charge on any atom is -0.488 e. The van der Waals surface area contributed by atoms with Crippen molar-refractivity contribution in [2.75, 3.05) is 0 Å². The molecule has 3 aromatic rings. The van der Waals surface area contributed by atoms with Crippen LogP contribution in [0.3, 0.4) is 0 Å². The fraction of sp³-hybridized carbons (Fsp3) is 0.0435. The zero-order chi connectivity index (χ0) is 21.3. The molecule has 0 heterocycles. The van der Waals surface area contributed by atoms with E-state index < -0.39 is 4.92 Å². The third-order valence-corrected chi connectivity index (χ3v) is 5.31. The summed E-state index contributed by atoms with van der Waals surface area (Å²) < 4.78 is 6.39. The molecule has 0 aliphatic heterocycles. The van der Waals surface area contributed by atoms with Gasteiger partial charge in [-0.15, -0.1) is 0 Å². The molecule has 0 atom stereocenters. The van der Waals surface area contributed by atoms with Gasteiger partial charge in [-0.1, -0.05) is 42.5 Å². The van der Waals surface area contributed by atoms with Gasteiger partial charge in [0.25, 0.3) is 5.69 Å². The molecule has 0 saturated carbocycles. The smallest absolute Gasteiger partial charge is 0.269 e. The first-order chi connectivity index (χ1) is 14.4. The highest BCUT2D eigenvalue weighted by Gasteiger charge is 2.32. The number of rotatable bonds is 5. The highest BCUT2D eigenvalue weighted by Crippen LogP contribution is 2.31. The van der Waals surface area contributed by atoms with Crippen molar-refractivity contribution in [3.63, 3.8) is 0 Å². The maximum atomic E-state index is 12.5. The van der Waals surface area contributed by atoms with E-state index in [9.17, 15) is 19.7 Å². The summed E-state index contributed by atoms with van der Waals surface area (Å²) in [6, 6.07) is 18.2. The van der Waals surface area contributed by atoms with E-state index in [0.717, 1.165) is 0 Å². The van der Waals surface area contributed by atoms with Crippen molar-refractivity contribution in [2.45, 2.75) is 6.61 Å². The van der Waals surface area contributed by atoms with E-state index in [0.29, 0.717) is 32.5 Å². The van der Waals surface area contributed by atoms with Gasteiger partial charge in [0.15, 0.2) is 11.6 Å². The van der Waals surface area contributed by atoms with Crippen LogP contribution in [-0.4, -0.2) is 16.5 Å². The van der Waals surface area contributed by atoms with Gasteiger partial charge < -0.3 is 4.74 Å². The second-order valence-electron chi connectivity index (χ2n) is 6.67. The van der Waals surface area contributed by atoms with Gasteiger partial charge in [-0.3, -0.25) is 19.7 Å². The Hall–Kier alpha value is -3.58. The molecule has 30 heavy (non-hydrogen) atoms. The number of fused-ring (bicyclic) bond motifs is 1. The number of hydrogen-bond donors (Lipinski definition) is 0. The van der Waals surface area contributed by atoms with E-state index in [2.05, 4.69) is 15.9 Å². The van der Waals surface area contributed by atoms with Gasteiger partial charge in [-0.2, -0.15) is 0 Å². The lowest BCUT2D eigenvalue weighted by Gasteiger charge is -2.09. The van der Waals surface area contributed by atoms with Crippen LogP contribution in [0.5, 0.6) is 5.75 Å². The molecule has 1 aliphatic rings. The quantitative estimate of drug-likeness (QED) is 0.219. The first-order valence-electron chi connectivity index (χ1n) is 9.00. The molecule has 0 aromatic heterocycles. The molecule has 1 aliphatic carbocycles. The fourth-order valence-electron chi connectivity index (χ4n) is 3.21. The van der Waals surface area contributed by atoms with Crippen LogP contribution in [0.2, 0.25) is 0 Å². The summed E-state index contributed by atoms with van der Waals surface area (Å²) in [5.74, 6) is -0.0218. The highest BCUT2D eigenvalue weighted by atomic mass is 79.9. The highest BCUT2D eigenvalue weighted by molar-refractivity contribution is 9.10. The maximum Gasteiger partial charge on any atom is 0.269 e. The van der Waals surface area contributed by atoms with E-state index in [1.165, 1.54) is 12.1 Å². The van der Waals surface area contributed by atoms with Gasteiger partial charge >= 0.3 is 0 Å². The Morgan fingerprint density at radius 2 is 1.63 bits per heavy atom. The van der Waals surface area contributed by atoms with Crippen molar-refractivity contribution in [1.29, 1.82) is 0 Å². The van der Waals surface area contributed by atoms with Gasteiger partial charge in [0.05, 0.1) is 15.0 Å². The Kier molecular flexibility index (Phi) is 5.29. The predicted molar refractivity (Wildman–Crippen MR) is 115 cm³/mol. The Morgan fingerprint density at radius 1 is 0.933 bits per heavy atom. The van der Waals surface area contributed by atoms with Crippen molar-refractivity contribution in [1.82, 2.24) is 0 Å². The number of nitro groups is 1. The van der Waals surface area contributed by atoms with Crippen LogP contribution in [0.25, 0.3) is 6.08 Å². The molecule has 0 N–H and O–H groups in total. The summed E-state index contributed by atoms with van der Waals surface area (Å²) in [5.41, 5.74) is 2.32. The summed E-state index contributed by atoms with van der Waals surface area (Å²) in [6.07, 6.45) is 1.57. The van der Waals surface area contributed by atoms with Gasteiger partial charge in [0, 0.05) is 23.3 Å². The molecule has 4 rings (SSSR count). The average Bonchev–Trinajstić information content (AvgIpc) is 2.98. The Labute approximate surface area is 180 Å². The van der Waals surface area contributed by atoms with Crippen LogP contribution in [0.1, 0.15) is 31.8 Å². The molecule has 0 fully saturated rings. The summed E-state index contributed by atoms with van der Waals surface area (Å²) in [6.45, 7) is 0.160. The topological polar surface area (TPSA) is 86.5 Å². The Morgan fingerprint density at radius 3 is 2.27 bits per heavy atom. The molecule has 0 spiro atoms. The molecule has 0 radical (unpaired) electrons. The lowest BCUT2D eigenvalue weighted by atomic mass is 10.1. The van der Waals surface area contributed by atoms with E-state index in [1.54, 1.807) is 60.7 Å². The second-order valence-corrected chi connectivity index (χ2v) is 7.52. The number of allylic oxidation sites excluding steroid dienone is 1. The van der Waals surface area contributed by atoms with Crippen LogP contribution in [-0.2, 0) is 6.61 Å². The second kappa shape index (κ2) is 8.04. The van der Waals surface area contributed by atoms with E-state index in [4.69, 9.17) is 4.74 Å². The summed E-state index contributed by atoms with van der Waals surface area (Å²) in [5, 5.41) is 10.9. The van der Waals surface area contributed by atoms with Crippen LogP contribution < -0.4 is 4.74 Å². The number of nitro benzene ring substituents is 1. The van der Waals surface area contributed by atoms with Gasteiger partial charge in [-0.05, 0) is 45.3 Å². The summed E-state index contributed by atoms with van der Waals surface area (Å²) in [7, 11) is 0. The monoisotopic (exact) mass is 463 g/mol. The number of ether oxygens (including phenoxy) is 1. The van der Waals surface area contributed by atoms with Crippen molar-refractivity contribution < 1.29 is 19.2 Å². The minimum absolute atomic E-state index is 0.00373. The van der Waals surface area contributed by atoms with Crippen molar-refractivity contribution in [3.8, 4) is 5.75 Å². The first-order valence-corrected chi connectivity index (χ1v) is 9.79. The average molecular weight is 464 g/mol. The lowest BCUT2D eigenvalue weighted by molar-refractivity contribution is -0.384. The molecule has 6 nitrogen and oxygen atoms in total. The van der Waals surface area contributed by atoms with Gasteiger partial charge in [-0.25, -0.2) is 0 Å². The first kappa shape index (κ1) is 19.7. The minimum atomic E-state index is -0.453. The molecule has 3 aromatic carbocycles. The molecular formula is C23H14BrNO5. The number of benzene rings is 3. The summed E-state index contributed by atoms with van der Waals surface area (Å²) in [4.78, 5) is 35.5. The number of Topliss-reactive ketones (excluding diaryl/α,β-unsaturated/α-hetero) is 2. The molecular weight excluding hydrogens is 450 g/mol. The molecule has 148 valence electrons. The van der Waals surface area contributed by atoms with Gasteiger partial charge in [0.1, 0.15) is 12.4 Å². The molecule has 0 unspecified atom stereocenters. The molecule has 0 bridgehead atoms. The van der Waals surface area contributed by atoms with Crippen LogP contribution in [0, 0.1) is 10.1 Å². The predicted octanol–water partition coefficient (Wildman–Crippen LogP) is 5.40. The number of carbonyl (C=O) groups is 2. The van der Waals surface area contributed by atoms with E-state index in [1.807, 2.05) is 0 Å². The zero-order valence-corrected chi connectivity index (χ0v) is 17.1. The SMILES string of the molecule is O=C1C(=Cc2ccc(OCc3cccc([N+](=O)[O-])c3)c(Br)c2)C(=O)c2ccccc21. The lowest BCUT2D eigenvalue weighted by Crippen LogP contribution is -2.00. The number of non-ortho nitro benzene ring substituents is 1. The Bertz CT molecular complexity index is 1190. The zero-order valence-electron chi connectivity index (χ0n) is 15.5. The third kappa shape index (κ3) is 3.79. The number of nitrogens with zero attached hydrogens (tertiary/aromatic N) is 1. The van der Waals surface area contributed by atoms with Crippen molar-refractivity contribution >= 4 is 39.3 Å². The normalized spacial score (nSPS) is 12.6. The number of ketones is 2. The molecule has 0 saturated heterocycles. The number of hydrogen-bond acceptors (Lipinski definition) is 5. The fourth-order valence-corrected chi connectivity index (χ4v) is 3.73. The van der Waals surface area contributed by atoms with Crippen LogP contribution >= 0.6 is 15.9 Å².